The molecular weight excluding hydrogens is 429 g/mol. The highest BCUT2D eigenvalue weighted by molar-refractivity contribution is 7.17. The maximum absolute atomic E-state index is 14.3. The van der Waals surface area contributed by atoms with E-state index in [1.807, 2.05) is 0 Å². The molecule has 0 unspecified atom stereocenters. The number of aromatic nitrogens is 2. The molecule has 1 N–H and O–H groups in total. The average Bonchev–Trinajstić information content (AvgIpc) is 3.22. The number of rotatable bonds is 5. The molecule has 2 heterocycles. The van der Waals surface area contributed by atoms with Gasteiger partial charge in [0.15, 0.2) is 0 Å². The number of halogens is 2. The van der Waals surface area contributed by atoms with Gasteiger partial charge in [-0.25, -0.2) is 13.8 Å². The van der Waals surface area contributed by atoms with Crippen LogP contribution < -0.4 is 16.6 Å². The van der Waals surface area contributed by atoms with Gasteiger partial charge < -0.3 is 5.32 Å². The van der Waals surface area contributed by atoms with Gasteiger partial charge in [0.1, 0.15) is 17.1 Å². The molecule has 0 atom stereocenters. The molecule has 0 bridgehead atoms. The van der Waals surface area contributed by atoms with Crippen molar-refractivity contribution in [3.05, 3.63) is 97.2 Å². The summed E-state index contributed by atoms with van der Waals surface area (Å²) < 4.78 is 16.5. The van der Waals surface area contributed by atoms with Crippen LogP contribution in [0.15, 0.2) is 69.6 Å². The summed E-state index contributed by atoms with van der Waals surface area (Å²) in [5.41, 5.74) is -0.507. The first-order valence-electron chi connectivity index (χ1n) is 8.95. The van der Waals surface area contributed by atoms with Gasteiger partial charge in [0, 0.05) is 11.6 Å². The van der Waals surface area contributed by atoms with Gasteiger partial charge in [0.25, 0.3) is 5.56 Å². The lowest BCUT2D eigenvalue weighted by atomic mass is 10.2. The highest BCUT2D eigenvalue weighted by atomic mass is 35.5. The topological polar surface area (TPSA) is 73.1 Å². The van der Waals surface area contributed by atoms with Gasteiger partial charge in [0.05, 0.1) is 11.2 Å². The second-order valence-corrected chi connectivity index (χ2v) is 7.79. The summed E-state index contributed by atoms with van der Waals surface area (Å²) in [4.78, 5) is 38.5. The maximum atomic E-state index is 14.3. The van der Waals surface area contributed by atoms with Crippen LogP contribution in [0.4, 0.5) is 4.39 Å². The molecule has 0 radical (unpaired) electrons. The first kappa shape index (κ1) is 20.1. The van der Waals surface area contributed by atoms with Crippen LogP contribution in [0.2, 0.25) is 5.02 Å². The molecule has 1 amide bonds. The first-order chi connectivity index (χ1) is 14.5. The monoisotopic (exact) mass is 443 g/mol. The minimum atomic E-state index is -0.788. The number of benzene rings is 2. The van der Waals surface area contributed by atoms with Gasteiger partial charge in [-0.05, 0) is 35.2 Å². The van der Waals surface area contributed by atoms with Crippen LogP contribution in [0, 0.1) is 5.82 Å². The lowest BCUT2D eigenvalue weighted by Crippen LogP contribution is -2.41. The van der Waals surface area contributed by atoms with Crippen molar-refractivity contribution in [1.29, 1.82) is 0 Å². The van der Waals surface area contributed by atoms with Crippen molar-refractivity contribution in [2.24, 2.45) is 0 Å². The highest BCUT2D eigenvalue weighted by Gasteiger charge is 2.19. The molecule has 2 aromatic heterocycles. The van der Waals surface area contributed by atoms with E-state index in [0.717, 1.165) is 21.5 Å². The fourth-order valence-corrected chi connectivity index (χ4v) is 4.15. The van der Waals surface area contributed by atoms with Gasteiger partial charge in [-0.15, -0.1) is 11.3 Å². The van der Waals surface area contributed by atoms with E-state index in [9.17, 15) is 18.8 Å². The number of nitrogens with zero attached hydrogens (tertiary/aromatic N) is 2. The van der Waals surface area contributed by atoms with Crippen molar-refractivity contribution in [2.45, 2.75) is 13.1 Å². The summed E-state index contributed by atoms with van der Waals surface area (Å²) in [7, 11) is 0. The first-order valence-corrected chi connectivity index (χ1v) is 10.2. The molecule has 0 saturated heterocycles. The molecule has 0 spiro atoms. The molecule has 30 heavy (non-hydrogen) atoms. The van der Waals surface area contributed by atoms with Gasteiger partial charge in [-0.1, -0.05) is 41.9 Å². The minimum absolute atomic E-state index is 0.159. The van der Waals surface area contributed by atoms with Gasteiger partial charge in [-0.3, -0.25) is 14.2 Å². The van der Waals surface area contributed by atoms with E-state index in [0.29, 0.717) is 10.5 Å². The second-order valence-electron chi connectivity index (χ2n) is 6.46. The predicted molar refractivity (Wildman–Crippen MR) is 115 cm³/mol. The third kappa shape index (κ3) is 3.67. The van der Waals surface area contributed by atoms with E-state index >= 15 is 0 Å². The largest absolute Gasteiger partial charge is 0.350 e. The lowest BCUT2D eigenvalue weighted by Gasteiger charge is -2.13. The van der Waals surface area contributed by atoms with Crippen LogP contribution in [0.5, 0.6) is 0 Å². The number of amides is 1. The molecule has 0 aliphatic rings. The molecule has 0 aliphatic carbocycles. The lowest BCUT2D eigenvalue weighted by molar-refractivity contribution is -0.121. The van der Waals surface area contributed by atoms with E-state index in [1.54, 1.807) is 35.7 Å². The third-order valence-corrected chi connectivity index (χ3v) is 5.84. The fraction of sp³-hybridized carbons (Fsp3) is 0.0952. The van der Waals surface area contributed by atoms with Crippen LogP contribution in [0.3, 0.4) is 0 Å². The number of thiophene rings is 1. The molecule has 2 aromatic carbocycles. The van der Waals surface area contributed by atoms with Crippen LogP contribution in [0.1, 0.15) is 5.56 Å². The number of carbonyl (C=O) groups is 1. The molecule has 0 fully saturated rings. The van der Waals surface area contributed by atoms with Crippen molar-refractivity contribution in [3.8, 4) is 5.69 Å². The maximum Gasteiger partial charge on any atom is 0.336 e. The number of carbonyl (C=O) groups excluding carboxylic acids is 1. The average molecular weight is 444 g/mol. The summed E-state index contributed by atoms with van der Waals surface area (Å²) in [5, 5.41) is 4.88. The summed E-state index contributed by atoms with van der Waals surface area (Å²) in [6.45, 7) is -0.141. The zero-order chi connectivity index (χ0) is 21.3. The van der Waals surface area contributed by atoms with Gasteiger partial charge in [-0.2, -0.15) is 0 Å². The third-order valence-electron chi connectivity index (χ3n) is 4.58. The van der Waals surface area contributed by atoms with Crippen LogP contribution in [-0.4, -0.2) is 15.0 Å². The Morgan fingerprint density at radius 2 is 1.80 bits per heavy atom. The Labute approximate surface area is 178 Å². The molecule has 0 aliphatic heterocycles. The Balaban J connectivity index is 1.72. The SMILES string of the molecule is O=C(Cn1c(=O)n(-c2ccccc2F)c(=O)c2sccc21)NCc1ccccc1Cl. The predicted octanol–water partition coefficient (Wildman–Crippen LogP) is 3.32. The standard InChI is InChI=1S/C21H15ClFN3O3S/c22-14-6-2-1-5-13(14)11-24-18(27)12-25-17-9-10-30-19(17)20(28)26(21(25)29)16-8-4-3-7-15(16)23/h1-10H,11-12H2,(H,24,27). The number of nitrogens with one attached hydrogen (secondary N) is 1. The van der Waals surface area contributed by atoms with E-state index in [1.165, 1.54) is 28.8 Å². The molecule has 9 heteroatoms. The molecule has 0 saturated carbocycles. The van der Waals surface area contributed by atoms with Crippen molar-refractivity contribution < 1.29 is 9.18 Å². The van der Waals surface area contributed by atoms with Crippen LogP contribution >= 0.6 is 22.9 Å². The summed E-state index contributed by atoms with van der Waals surface area (Å²) in [6.07, 6.45) is 0. The Morgan fingerprint density at radius 1 is 1.07 bits per heavy atom. The number of fused-ring (bicyclic) bond motifs is 1. The number of hydrogen-bond donors (Lipinski definition) is 1. The van der Waals surface area contributed by atoms with Gasteiger partial charge in [0.2, 0.25) is 5.91 Å². The van der Waals surface area contributed by atoms with Crippen molar-refractivity contribution >= 4 is 39.1 Å². The van der Waals surface area contributed by atoms with Crippen LogP contribution in [-0.2, 0) is 17.9 Å². The summed E-state index contributed by atoms with van der Waals surface area (Å²) >= 11 is 7.22. The molecular formula is C21H15ClFN3O3S. The zero-order valence-corrected chi connectivity index (χ0v) is 17.0. The molecule has 4 rings (SSSR count). The van der Waals surface area contributed by atoms with Crippen molar-refractivity contribution in [2.75, 3.05) is 0 Å². The zero-order valence-electron chi connectivity index (χ0n) is 15.5. The number of hydrogen-bond acceptors (Lipinski definition) is 4. The van der Waals surface area contributed by atoms with Crippen molar-refractivity contribution in [3.63, 3.8) is 0 Å². The Morgan fingerprint density at radius 3 is 2.57 bits per heavy atom. The fourth-order valence-electron chi connectivity index (χ4n) is 3.12. The molecule has 6 nitrogen and oxygen atoms in total. The van der Waals surface area contributed by atoms with Gasteiger partial charge >= 0.3 is 5.69 Å². The Bertz CT molecular complexity index is 1380. The normalized spacial score (nSPS) is 11.0. The number of para-hydroxylation sites is 1. The second kappa shape index (κ2) is 8.25. The highest BCUT2D eigenvalue weighted by Crippen LogP contribution is 2.18. The Kier molecular flexibility index (Phi) is 5.52. The quantitative estimate of drug-likeness (QED) is 0.514. The van der Waals surface area contributed by atoms with Crippen molar-refractivity contribution in [1.82, 2.24) is 14.5 Å². The minimum Gasteiger partial charge on any atom is -0.350 e. The smallest absolute Gasteiger partial charge is 0.336 e. The molecule has 4 aromatic rings. The summed E-state index contributed by atoms with van der Waals surface area (Å²) in [5.74, 6) is -1.15. The van der Waals surface area contributed by atoms with E-state index in [-0.39, 0.29) is 23.5 Å². The van der Waals surface area contributed by atoms with Crippen LogP contribution in [0.25, 0.3) is 15.9 Å². The molecule has 152 valence electrons. The van der Waals surface area contributed by atoms with E-state index in [4.69, 9.17) is 11.6 Å². The van der Waals surface area contributed by atoms with E-state index < -0.39 is 23.0 Å². The van der Waals surface area contributed by atoms with E-state index in [2.05, 4.69) is 5.32 Å². The summed E-state index contributed by atoms with van der Waals surface area (Å²) in [6, 6.07) is 14.2. The Hall–Kier alpha value is -3.23.